The Kier molecular flexibility index (Phi) is 3.58. The minimum absolute atomic E-state index is 0.217. The Morgan fingerprint density at radius 1 is 1.47 bits per heavy atom. The molecular weight excluding hydrogens is 220 g/mol. The Morgan fingerprint density at radius 3 is 2.71 bits per heavy atom. The molecule has 1 aliphatic heterocycles. The number of ether oxygens (including phenoxy) is 1. The molecule has 0 saturated carbocycles. The van der Waals surface area contributed by atoms with Gasteiger partial charge in [0, 0.05) is 32.5 Å². The van der Waals surface area contributed by atoms with Crippen LogP contribution in [0, 0.1) is 0 Å². The molecule has 1 fully saturated rings. The molecule has 0 amide bonds. The summed E-state index contributed by atoms with van der Waals surface area (Å²) in [7, 11) is 1.98. The van der Waals surface area contributed by atoms with E-state index >= 15 is 0 Å². The maximum absolute atomic E-state index is 10.7. The number of rotatable bonds is 3. The molecule has 17 heavy (non-hydrogen) atoms. The molecule has 0 aliphatic carbocycles. The summed E-state index contributed by atoms with van der Waals surface area (Å²) in [5.41, 5.74) is 0.217. The second kappa shape index (κ2) is 5.14. The lowest BCUT2D eigenvalue weighted by Gasteiger charge is -2.32. The van der Waals surface area contributed by atoms with E-state index in [9.17, 15) is 4.79 Å². The van der Waals surface area contributed by atoms with Gasteiger partial charge in [0.2, 0.25) is 0 Å². The summed E-state index contributed by atoms with van der Waals surface area (Å²) in [4.78, 5) is 17.0. The molecule has 1 N–H and O–H groups in total. The third kappa shape index (κ3) is 2.74. The van der Waals surface area contributed by atoms with Crippen molar-refractivity contribution >= 4 is 11.8 Å². The monoisotopic (exact) mass is 236 g/mol. The van der Waals surface area contributed by atoms with Crippen LogP contribution in [-0.4, -0.2) is 42.4 Å². The van der Waals surface area contributed by atoms with Crippen LogP contribution < -0.4 is 4.90 Å². The van der Waals surface area contributed by atoms with E-state index in [1.165, 1.54) is 6.20 Å². The number of carboxylic acid groups (broad SMARTS) is 1. The molecule has 1 aliphatic rings. The van der Waals surface area contributed by atoms with Crippen LogP contribution in [0.1, 0.15) is 23.2 Å². The average Bonchev–Trinajstić information content (AvgIpc) is 2.39. The Bertz CT molecular complexity index is 385. The zero-order valence-electron chi connectivity index (χ0n) is 9.80. The van der Waals surface area contributed by atoms with Crippen LogP contribution in [0.15, 0.2) is 18.3 Å². The Balaban J connectivity index is 2.07. The van der Waals surface area contributed by atoms with Gasteiger partial charge in [-0.15, -0.1) is 0 Å². The predicted molar refractivity (Wildman–Crippen MR) is 63.4 cm³/mol. The number of nitrogens with zero attached hydrogens (tertiary/aromatic N) is 2. The van der Waals surface area contributed by atoms with Crippen molar-refractivity contribution in [3.63, 3.8) is 0 Å². The number of aromatic carboxylic acids is 1. The van der Waals surface area contributed by atoms with Crippen LogP contribution in [0.25, 0.3) is 0 Å². The fourth-order valence-corrected chi connectivity index (χ4v) is 1.98. The van der Waals surface area contributed by atoms with Gasteiger partial charge in [-0.25, -0.2) is 9.78 Å². The minimum atomic E-state index is -0.947. The molecule has 92 valence electrons. The number of hydrogen-bond donors (Lipinski definition) is 1. The van der Waals surface area contributed by atoms with E-state index in [1.54, 1.807) is 12.1 Å². The van der Waals surface area contributed by atoms with E-state index in [2.05, 4.69) is 9.88 Å². The maximum Gasteiger partial charge on any atom is 0.337 e. The van der Waals surface area contributed by atoms with Gasteiger partial charge in [-0.3, -0.25) is 0 Å². The molecule has 0 spiro atoms. The van der Waals surface area contributed by atoms with Crippen molar-refractivity contribution < 1.29 is 14.6 Å². The van der Waals surface area contributed by atoms with E-state index in [4.69, 9.17) is 9.84 Å². The molecule has 1 aromatic rings. The topological polar surface area (TPSA) is 62.7 Å². The molecule has 1 aromatic heterocycles. The summed E-state index contributed by atoms with van der Waals surface area (Å²) in [6.45, 7) is 1.56. The smallest absolute Gasteiger partial charge is 0.337 e. The highest BCUT2D eigenvalue weighted by atomic mass is 16.5. The molecule has 0 atom stereocenters. The lowest BCUT2D eigenvalue weighted by atomic mass is 10.1. The van der Waals surface area contributed by atoms with Crippen molar-refractivity contribution in [1.82, 2.24) is 4.98 Å². The van der Waals surface area contributed by atoms with Crippen molar-refractivity contribution in [3.05, 3.63) is 23.9 Å². The number of anilines is 1. The number of carbonyl (C=O) groups is 1. The summed E-state index contributed by atoms with van der Waals surface area (Å²) >= 11 is 0. The summed E-state index contributed by atoms with van der Waals surface area (Å²) < 4.78 is 5.31. The van der Waals surface area contributed by atoms with Crippen molar-refractivity contribution in [1.29, 1.82) is 0 Å². The first-order chi connectivity index (χ1) is 8.18. The molecule has 0 unspecified atom stereocenters. The van der Waals surface area contributed by atoms with E-state index < -0.39 is 5.97 Å². The number of aromatic nitrogens is 1. The van der Waals surface area contributed by atoms with Crippen LogP contribution in [0.3, 0.4) is 0 Å². The summed E-state index contributed by atoms with van der Waals surface area (Å²) in [6, 6.07) is 3.76. The van der Waals surface area contributed by atoms with Crippen molar-refractivity contribution in [2.45, 2.75) is 18.9 Å². The predicted octanol–water partition coefficient (Wildman–Crippen LogP) is 1.40. The highest BCUT2D eigenvalue weighted by Crippen LogP contribution is 2.19. The maximum atomic E-state index is 10.7. The fourth-order valence-electron chi connectivity index (χ4n) is 1.98. The van der Waals surface area contributed by atoms with E-state index in [0.29, 0.717) is 6.04 Å². The number of pyridine rings is 1. The van der Waals surface area contributed by atoms with Crippen LogP contribution in [0.5, 0.6) is 0 Å². The Labute approximate surface area is 100 Å². The van der Waals surface area contributed by atoms with Gasteiger partial charge in [-0.2, -0.15) is 0 Å². The Hall–Kier alpha value is -1.62. The molecule has 0 radical (unpaired) electrons. The Morgan fingerprint density at radius 2 is 2.18 bits per heavy atom. The van der Waals surface area contributed by atoms with Crippen molar-refractivity contribution in [2.24, 2.45) is 0 Å². The van der Waals surface area contributed by atoms with Crippen LogP contribution in [-0.2, 0) is 4.74 Å². The molecule has 0 bridgehead atoms. The van der Waals surface area contributed by atoms with Crippen LogP contribution >= 0.6 is 0 Å². The molecule has 2 heterocycles. The van der Waals surface area contributed by atoms with Gasteiger partial charge >= 0.3 is 5.97 Å². The molecule has 1 saturated heterocycles. The first kappa shape index (κ1) is 11.9. The lowest BCUT2D eigenvalue weighted by Crippen LogP contribution is -2.37. The average molecular weight is 236 g/mol. The molecule has 0 aromatic carbocycles. The van der Waals surface area contributed by atoms with Gasteiger partial charge < -0.3 is 14.7 Å². The third-order valence-corrected chi connectivity index (χ3v) is 3.09. The van der Waals surface area contributed by atoms with Gasteiger partial charge in [0.15, 0.2) is 0 Å². The van der Waals surface area contributed by atoms with E-state index in [-0.39, 0.29) is 5.56 Å². The summed E-state index contributed by atoms with van der Waals surface area (Å²) in [5, 5.41) is 8.79. The normalized spacial score (nSPS) is 16.8. The highest BCUT2D eigenvalue weighted by molar-refractivity contribution is 5.87. The fraction of sp³-hybridized carbons (Fsp3) is 0.500. The second-order valence-electron chi connectivity index (χ2n) is 4.16. The molecular formula is C12H16N2O3. The van der Waals surface area contributed by atoms with Gasteiger partial charge in [-0.05, 0) is 25.0 Å². The van der Waals surface area contributed by atoms with Gasteiger partial charge in [-0.1, -0.05) is 0 Å². The van der Waals surface area contributed by atoms with Crippen LogP contribution in [0.4, 0.5) is 5.82 Å². The highest BCUT2D eigenvalue weighted by Gasteiger charge is 2.19. The molecule has 5 heteroatoms. The second-order valence-corrected chi connectivity index (χ2v) is 4.16. The lowest BCUT2D eigenvalue weighted by molar-refractivity contribution is 0.0696. The minimum Gasteiger partial charge on any atom is -0.478 e. The first-order valence-electron chi connectivity index (χ1n) is 5.68. The SMILES string of the molecule is CN(c1ccc(C(=O)O)cn1)C1CCOCC1. The molecule has 5 nitrogen and oxygen atoms in total. The van der Waals surface area contributed by atoms with Gasteiger partial charge in [0.25, 0.3) is 0 Å². The summed E-state index contributed by atoms with van der Waals surface area (Å²) in [5.74, 6) is -0.139. The van der Waals surface area contributed by atoms with Gasteiger partial charge in [0.05, 0.1) is 5.56 Å². The largest absolute Gasteiger partial charge is 0.478 e. The standard InChI is InChI=1S/C12H16N2O3/c1-14(10-4-6-17-7-5-10)11-3-2-9(8-13-11)12(15)16/h2-3,8,10H,4-7H2,1H3,(H,15,16). The van der Waals surface area contributed by atoms with Crippen LogP contribution in [0.2, 0.25) is 0 Å². The van der Waals surface area contributed by atoms with E-state index in [0.717, 1.165) is 31.9 Å². The zero-order valence-corrected chi connectivity index (χ0v) is 9.80. The first-order valence-corrected chi connectivity index (χ1v) is 5.68. The van der Waals surface area contributed by atoms with Crippen molar-refractivity contribution in [3.8, 4) is 0 Å². The van der Waals surface area contributed by atoms with Gasteiger partial charge in [0.1, 0.15) is 5.82 Å². The summed E-state index contributed by atoms with van der Waals surface area (Å²) in [6.07, 6.45) is 3.37. The third-order valence-electron chi connectivity index (χ3n) is 3.09. The number of hydrogen-bond acceptors (Lipinski definition) is 4. The molecule has 2 rings (SSSR count). The van der Waals surface area contributed by atoms with E-state index in [1.807, 2.05) is 7.05 Å². The van der Waals surface area contributed by atoms with Crippen molar-refractivity contribution in [2.75, 3.05) is 25.2 Å². The number of carboxylic acids is 1. The zero-order chi connectivity index (χ0) is 12.3. The quantitative estimate of drug-likeness (QED) is 0.859.